The molecule has 5 nitrogen and oxygen atoms in total. The van der Waals surface area contributed by atoms with Crippen molar-refractivity contribution >= 4 is 17.3 Å². The normalized spacial score (nSPS) is 10.2. The van der Waals surface area contributed by atoms with Crippen LogP contribution in [0, 0.1) is 0 Å². The number of hydrogen-bond donors (Lipinski definition) is 3. The van der Waals surface area contributed by atoms with Gasteiger partial charge in [-0.25, -0.2) is 0 Å². The maximum Gasteiger partial charge on any atom is 0.251 e. The van der Waals surface area contributed by atoms with Crippen LogP contribution in [0.15, 0.2) is 41.2 Å². The Kier molecular flexibility index (Phi) is 4.07. The van der Waals surface area contributed by atoms with Gasteiger partial charge in [0.05, 0.1) is 23.9 Å². The first-order valence-corrected chi connectivity index (χ1v) is 6.13. The summed E-state index contributed by atoms with van der Waals surface area (Å²) >= 11 is 0. The second-order valence-corrected chi connectivity index (χ2v) is 4.15. The van der Waals surface area contributed by atoms with Gasteiger partial charge in [-0.05, 0) is 31.2 Å². The summed E-state index contributed by atoms with van der Waals surface area (Å²) in [5.41, 5.74) is 8.84. The summed E-state index contributed by atoms with van der Waals surface area (Å²) in [5, 5.41) is 5.94. The van der Waals surface area contributed by atoms with Crippen molar-refractivity contribution in [3.05, 3.63) is 47.9 Å². The van der Waals surface area contributed by atoms with Gasteiger partial charge in [0.15, 0.2) is 0 Å². The van der Waals surface area contributed by atoms with Gasteiger partial charge in [0.2, 0.25) is 0 Å². The number of anilines is 2. The summed E-state index contributed by atoms with van der Waals surface area (Å²) in [6, 6.07) is 7.06. The summed E-state index contributed by atoms with van der Waals surface area (Å²) in [6.07, 6.45) is 3.28. The molecule has 0 aliphatic rings. The molecule has 0 atom stereocenters. The van der Waals surface area contributed by atoms with Crippen LogP contribution in [0.3, 0.4) is 0 Å². The number of carbonyl (C=O) groups excluding carboxylic acids is 1. The molecule has 0 saturated heterocycles. The van der Waals surface area contributed by atoms with Crippen LogP contribution in [0.1, 0.15) is 22.8 Å². The summed E-state index contributed by atoms with van der Waals surface area (Å²) in [7, 11) is 0. The third-order valence-corrected chi connectivity index (χ3v) is 2.72. The van der Waals surface area contributed by atoms with Gasteiger partial charge >= 0.3 is 0 Å². The maximum absolute atomic E-state index is 11.7. The SMILES string of the molecule is CCNC(=O)c1ccc(N)c(NCc2ccoc2)c1. The van der Waals surface area contributed by atoms with E-state index in [1.54, 1.807) is 30.7 Å². The fourth-order valence-corrected chi connectivity index (χ4v) is 1.70. The highest BCUT2D eigenvalue weighted by atomic mass is 16.3. The highest BCUT2D eigenvalue weighted by Crippen LogP contribution is 2.21. The molecule has 4 N–H and O–H groups in total. The van der Waals surface area contributed by atoms with Crippen molar-refractivity contribution in [3.8, 4) is 0 Å². The Morgan fingerprint density at radius 3 is 2.89 bits per heavy atom. The van der Waals surface area contributed by atoms with E-state index in [-0.39, 0.29) is 5.91 Å². The topological polar surface area (TPSA) is 80.3 Å². The molecule has 100 valence electrons. The Morgan fingerprint density at radius 1 is 1.37 bits per heavy atom. The van der Waals surface area contributed by atoms with Gasteiger partial charge < -0.3 is 20.8 Å². The van der Waals surface area contributed by atoms with Crippen LogP contribution in [-0.2, 0) is 6.54 Å². The lowest BCUT2D eigenvalue weighted by Crippen LogP contribution is -2.22. The van der Waals surface area contributed by atoms with Gasteiger partial charge in [-0.15, -0.1) is 0 Å². The fourth-order valence-electron chi connectivity index (χ4n) is 1.70. The average molecular weight is 259 g/mol. The number of furan rings is 1. The molecule has 1 aromatic heterocycles. The van der Waals surface area contributed by atoms with Crippen molar-refractivity contribution in [2.45, 2.75) is 13.5 Å². The predicted octanol–water partition coefficient (Wildman–Crippen LogP) is 2.22. The smallest absolute Gasteiger partial charge is 0.251 e. The van der Waals surface area contributed by atoms with E-state index >= 15 is 0 Å². The third-order valence-electron chi connectivity index (χ3n) is 2.72. The van der Waals surface area contributed by atoms with Crippen molar-refractivity contribution < 1.29 is 9.21 Å². The highest BCUT2D eigenvalue weighted by Gasteiger charge is 2.07. The Bertz CT molecular complexity index is 550. The van der Waals surface area contributed by atoms with Crippen molar-refractivity contribution in [2.24, 2.45) is 0 Å². The van der Waals surface area contributed by atoms with Crippen LogP contribution in [0.2, 0.25) is 0 Å². The van der Waals surface area contributed by atoms with Crippen LogP contribution >= 0.6 is 0 Å². The van der Waals surface area contributed by atoms with E-state index in [0.29, 0.717) is 24.3 Å². The predicted molar refractivity (Wildman–Crippen MR) is 74.9 cm³/mol. The Labute approximate surface area is 111 Å². The van der Waals surface area contributed by atoms with Crippen LogP contribution in [-0.4, -0.2) is 12.5 Å². The molecule has 19 heavy (non-hydrogen) atoms. The van der Waals surface area contributed by atoms with E-state index in [1.165, 1.54) is 0 Å². The van der Waals surface area contributed by atoms with E-state index in [2.05, 4.69) is 10.6 Å². The summed E-state index contributed by atoms with van der Waals surface area (Å²) in [4.78, 5) is 11.7. The number of carbonyl (C=O) groups is 1. The van der Waals surface area contributed by atoms with Crippen molar-refractivity contribution in [2.75, 3.05) is 17.6 Å². The molecule has 1 aromatic carbocycles. The lowest BCUT2D eigenvalue weighted by atomic mass is 10.1. The molecular weight excluding hydrogens is 242 g/mol. The second kappa shape index (κ2) is 5.95. The van der Waals surface area contributed by atoms with Gasteiger partial charge in [0, 0.05) is 24.2 Å². The van der Waals surface area contributed by atoms with Crippen LogP contribution in [0.25, 0.3) is 0 Å². The molecule has 0 radical (unpaired) electrons. The van der Waals surface area contributed by atoms with Crippen molar-refractivity contribution in [3.63, 3.8) is 0 Å². The molecule has 0 unspecified atom stereocenters. The third kappa shape index (κ3) is 3.28. The zero-order chi connectivity index (χ0) is 13.7. The number of nitrogens with two attached hydrogens (primary N) is 1. The van der Waals surface area contributed by atoms with Crippen LogP contribution < -0.4 is 16.4 Å². The number of hydrogen-bond acceptors (Lipinski definition) is 4. The molecule has 0 spiro atoms. The first kappa shape index (κ1) is 13.0. The molecule has 0 fully saturated rings. The van der Waals surface area contributed by atoms with Gasteiger partial charge in [-0.2, -0.15) is 0 Å². The highest BCUT2D eigenvalue weighted by molar-refractivity contribution is 5.96. The number of nitrogen functional groups attached to an aromatic ring is 1. The number of nitrogens with one attached hydrogen (secondary N) is 2. The molecule has 0 bridgehead atoms. The van der Waals surface area contributed by atoms with Gasteiger partial charge in [0.1, 0.15) is 0 Å². The average Bonchev–Trinajstić information content (AvgIpc) is 2.91. The van der Waals surface area contributed by atoms with Gasteiger partial charge in [0.25, 0.3) is 5.91 Å². The quantitative estimate of drug-likeness (QED) is 0.719. The first-order valence-electron chi connectivity index (χ1n) is 6.13. The Hall–Kier alpha value is -2.43. The summed E-state index contributed by atoms with van der Waals surface area (Å²) in [5.74, 6) is -0.103. The molecule has 2 rings (SSSR count). The standard InChI is InChI=1S/C14H17N3O2/c1-2-16-14(18)11-3-4-12(15)13(7-11)17-8-10-5-6-19-9-10/h3-7,9,17H,2,8,15H2,1H3,(H,16,18). The first-order chi connectivity index (χ1) is 9.20. The zero-order valence-corrected chi connectivity index (χ0v) is 10.8. The molecule has 0 aliphatic heterocycles. The van der Waals surface area contributed by atoms with Crippen LogP contribution in [0.4, 0.5) is 11.4 Å². The summed E-state index contributed by atoms with van der Waals surface area (Å²) in [6.45, 7) is 3.08. The minimum Gasteiger partial charge on any atom is -0.472 e. The van der Waals surface area contributed by atoms with E-state index in [9.17, 15) is 4.79 Å². The fraction of sp³-hybridized carbons (Fsp3) is 0.214. The molecule has 5 heteroatoms. The van der Waals surface area contributed by atoms with E-state index in [4.69, 9.17) is 10.2 Å². The van der Waals surface area contributed by atoms with E-state index < -0.39 is 0 Å². The Balaban J connectivity index is 2.10. The minimum atomic E-state index is -0.103. The monoisotopic (exact) mass is 259 g/mol. The van der Waals surface area contributed by atoms with Crippen molar-refractivity contribution in [1.29, 1.82) is 0 Å². The molecular formula is C14H17N3O2. The molecule has 1 heterocycles. The number of amides is 1. The molecule has 1 amide bonds. The van der Waals surface area contributed by atoms with E-state index in [0.717, 1.165) is 11.3 Å². The molecule has 2 aromatic rings. The van der Waals surface area contributed by atoms with E-state index in [1.807, 2.05) is 13.0 Å². The zero-order valence-electron chi connectivity index (χ0n) is 10.8. The largest absolute Gasteiger partial charge is 0.472 e. The number of rotatable bonds is 5. The lowest BCUT2D eigenvalue weighted by molar-refractivity contribution is 0.0956. The van der Waals surface area contributed by atoms with Gasteiger partial charge in [-0.3, -0.25) is 4.79 Å². The molecule has 0 saturated carbocycles. The summed E-state index contributed by atoms with van der Waals surface area (Å²) < 4.78 is 4.99. The maximum atomic E-state index is 11.7. The lowest BCUT2D eigenvalue weighted by Gasteiger charge is -2.10. The molecule has 0 aliphatic carbocycles. The minimum absolute atomic E-state index is 0.103. The number of benzene rings is 1. The second-order valence-electron chi connectivity index (χ2n) is 4.15. The Morgan fingerprint density at radius 2 is 2.21 bits per heavy atom. The van der Waals surface area contributed by atoms with Crippen LogP contribution in [0.5, 0.6) is 0 Å². The van der Waals surface area contributed by atoms with Gasteiger partial charge in [-0.1, -0.05) is 0 Å². The van der Waals surface area contributed by atoms with Crippen molar-refractivity contribution in [1.82, 2.24) is 5.32 Å².